The molecule has 1 saturated heterocycles. The zero-order valence-corrected chi connectivity index (χ0v) is 13.9. The Morgan fingerprint density at radius 2 is 2.24 bits per heavy atom. The van der Waals surface area contributed by atoms with Gasteiger partial charge < -0.3 is 9.64 Å². The van der Waals surface area contributed by atoms with Crippen LogP contribution in [0.4, 0.5) is 5.69 Å². The number of hydrogen-bond acceptors (Lipinski definition) is 6. The number of nitro groups is 1. The van der Waals surface area contributed by atoms with E-state index < -0.39 is 4.92 Å². The lowest BCUT2D eigenvalue weighted by Crippen LogP contribution is -2.44. The molecule has 3 rings (SSSR count). The van der Waals surface area contributed by atoms with Crippen molar-refractivity contribution in [1.82, 2.24) is 15.1 Å². The highest BCUT2D eigenvalue weighted by Crippen LogP contribution is 2.26. The molecule has 0 N–H and O–H groups in total. The van der Waals surface area contributed by atoms with Crippen LogP contribution in [0.25, 0.3) is 0 Å². The molecule has 25 heavy (non-hydrogen) atoms. The average Bonchev–Trinajstić information content (AvgIpc) is 2.62. The average molecular weight is 363 g/mol. The number of likely N-dealkylation sites (tertiary alicyclic amines) is 1. The van der Waals surface area contributed by atoms with E-state index in [4.69, 9.17) is 16.3 Å². The minimum atomic E-state index is -0.602. The second kappa shape index (κ2) is 7.43. The summed E-state index contributed by atoms with van der Waals surface area (Å²) in [6.07, 6.45) is 2.92. The number of halogens is 1. The summed E-state index contributed by atoms with van der Waals surface area (Å²) in [5.41, 5.74) is -0.0480. The first kappa shape index (κ1) is 17.1. The second-order valence-electron chi connectivity index (χ2n) is 5.62. The summed E-state index contributed by atoms with van der Waals surface area (Å²) < 4.78 is 5.76. The van der Waals surface area contributed by atoms with Crippen molar-refractivity contribution in [1.29, 1.82) is 0 Å². The molecule has 1 amide bonds. The number of ether oxygens (including phenoxy) is 1. The van der Waals surface area contributed by atoms with E-state index in [1.165, 1.54) is 18.2 Å². The van der Waals surface area contributed by atoms with Gasteiger partial charge in [-0.2, -0.15) is 5.10 Å². The number of nitrogens with zero attached hydrogens (tertiary/aromatic N) is 4. The molecule has 1 atom stereocenters. The maximum atomic E-state index is 12.7. The van der Waals surface area contributed by atoms with Crippen molar-refractivity contribution in [2.45, 2.75) is 18.9 Å². The van der Waals surface area contributed by atoms with Crippen LogP contribution in [-0.4, -0.2) is 45.1 Å². The van der Waals surface area contributed by atoms with Gasteiger partial charge in [0.2, 0.25) is 5.88 Å². The Morgan fingerprint density at radius 1 is 1.40 bits per heavy atom. The summed E-state index contributed by atoms with van der Waals surface area (Å²) in [5.74, 6) is 0.121. The smallest absolute Gasteiger partial charge is 0.288 e. The van der Waals surface area contributed by atoms with Crippen molar-refractivity contribution in [2.75, 3.05) is 13.1 Å². The highest BCUT2D eigenvalue weighted by atomic mass is 35.5. The summed E-state index contributed by atoms with van der Waals surface area (Å²) in [6.45, 7) is 0.946. The van der Waals surface area contributed by atoms with E-state index in [2.05, 4.69) is 10.2 Å². The lowest BCUT2D eigenvalue weighted by Gasteiger charge is -2.32. The quantitative estimate of drug-likeness (QED) is 0.612. The second-order valence-corrected chi connectivity index (χ2v) is 6.03. The van der Waals surface area contributed by atoms with Crippen LogP contribution < -0.4 is 4.74 Å². The lowest BCUT2D eigenvalue weighted by molar-refractivity contribution is -0.384. The number of rotatable bonds is 4. The van der Waals surface area contributed by atoms with Crippen LogP contribution in [0.2, 0.25) is 5.02 Å². The standard InChI is InChI=1S/C16H15ClN4O4/c17-13-6-5-11(9-14(13)21(23)24)16(22)20-8-2-3-12(10-20)25-15-4-1-7-18-19-15/h1,4-7,9,12H,2-3,8,10H2. The fraction of sp³-hybridized carbons (Fsp3) is 0.312. The predicted molar refractivity (Wildman–Crippen MR) is 89.7 cm³/mol. The number of nitro benzene ring substituents is 1. The third-order valence-corrected chi connectivity index (χ3v) is 4.21. The Hall–Kier alpha value is -2.74. The third-order valence-electron chi connectivity index (χ3n) is 3.89. The maximum Gasteiger partial charge on any atom is 0.288 e. The number of aromatic nitrogens is 2. The Kier molecular flexibility index (Phi) is 5.08. The lowest BCUT2D eigenvalue weighted by atomic mass is 10.1. The fourth-order valence-electron chi connectivity index (χ4n) is 2.71. The summed E-state index contributed by atoms with van der Waals surface area (Å²) in [4.78, 5) is 24.7. The van der Waals surface area contributed by atoms with Gasteiger partial charge in [-0.1, -0.05) is 11.6 Å². The van der Waals surface area contributed by atoms with Crippen LogP contribution in [0.1, 0.15) is 23.2 Å². The van der Waals surface area contributed by atoms with E-state index in [-0.39, 0.29) is 28.3 Å². The molecule has 1 fully saturated rings. The van der Waals surface area contributed by atoms with Gasteiger partial charge in [0.1, 0.15) is 11.1 Å². The predicted octanol–water partition coefficient (Wildman–Crippen LogP) is 2.72. The van der Waals surface area contributed by atoms with Gasteiger partial charge in [0, 0.05) is 30.4 Å². The molecule has 2 heterocycles. The Balaban J connectivity index is 1.72. The number of hydrogen-bond donors (Lipinski definition) is 0. The molecule has 1 aliphatic rings. The van der Waals surface area contributed by atoms with Gasteiger partial charge in [0.25, 0.3) is 11.6 Å². The van der Waals surface area contributed by atoms with Gasteiger partial charge in [-0.25, -0.2) is 0 Å². The van der Waals surface area contributed by atoms with Gasteiger partial charge in [-0.05, 0) is 31.0 Å². The van der Waals surface area contributed by atoms with Crippen molar-refractivity contribution < 1.29 is 14.5 Å². The fourth-order valence-corrected chi connectivity index (χ4v) is 2.89. The molecule has 1 unspecified atom stereocenters. The Labute approximate surface area is 148 Å². The minimum absolute atomic E-state index is 0.00376. The van der Waals surface area contributed by atoms with Gasteiger partial charge in [-0.15, -0.1) is 5.10 Å². The molecule has 0 saturated carbocycles. The SMILES string of the molecule is O=C(c1ccc(Cl)c([N+](=O)[O-])c1)N1CCCC(Oc2cccnn2)C1. The molecule has 9 heteroatoms. The molecule has 0 spiro atoms. The molecule has 1 aliphatic heterocycles. The minimum Gasteiger partial charge on any atom is -0.471 e. The highest BCUT2D eigenvalue weighted by molar-refractivity contribution is 6.32. The van der Waals surface area contributed by atoms with Crippen LogP contribution in [-0.2, 0) is 0 Å². The Morgan fingerprint density at radius 3 is 2.96 bits per heavy atom. The molecule has 1 aromatic carbocycles. The van der Waals surface area contributed by atoms with Crippen molar-refractivity contribution >= 4 is 23.2 Å². The van der Waals surface area contributed by atoms with E-state index in [9.17, 15) is 14.9 Å². The first-order valence-corrected chi connectivity index (χ1v) is 8.10. The molecule has 1 aromatic heterocycles. The summed E-state index contributed by atoms with van der Waals surface area (Å²) in [7, 11) is 0. The topological polar surface area (TPSA) is 98.5 Å². The van der Waals surface area contributed by atoms with Crippen molar-refractivity contribution in [3.05, 3.63) is 57.2 Å². The van der Waals surface area contributed by atoms with E-state index in [0.29, 0.717) is 19.0 Å². The van der Waals surface area contributed by atoms with E-state index in [0.717, 1.165) is 12.8 Å². The zero-order valence-electron chi connectivity index (χ0n) is 13.2. The normalized spacial score (nSPS) is 17.2. The molecule has 0 aliphatic carbocycles. The van der Waals surface area contributed by atoms with Gasteiger partial charge in [0.05, 0.1) is 11.5 Å². The maximum absolute atomic E-state index is 12.7. The summed E-state index contributed by atoms with van der Waals surface area (Å²) in [5, 5.41) is 18.6. The number of carbonyl (C=O) groups is 1. The molecular weight excluding hydrogens is 348 g/mol. The van der Waals surface area contributed by atoms with Gasteiger partial charge >= 0.3 is 0 Å². The number of carbonyl (C=O) groups excluding carboxylic acids is 1. The molecule has 8 nitrogen and oxygen atoms in total. The van der Waals surface area contributed by atoms with E-state index in [1.54, 1.807) is 23.2 Å². The largest absolute Gasteiger partial charge is 0.471 e. The highest BCUT2D eigenvalue weighted by Gasteiger charge is 2.27. The zero-order chi connectivity index (χ0) is 17.8. The molecule has 130 valence electrons. The molecule has 0 bridgehead atoms. The van der Waals surface area contributed by atoms with Crippen LogP contribution in [0.3, 0.4) is 0 Å². The first-order chi connectivity index (χ1) is 12.0. The monoisotopic (exact) mass is 362 g/mol. The van der Waals surface area contributed by atoms with E-state index in [1.807, 2.05) is 0 Å². The van der Waals surface area contributed by atoms with Crippen LogP contribution in [0, 0.1) is 10.1 Å². The van der Waals surface area contributed by atoms with Crippen LogP contribution >= 0.6 is 11.6 Å². The van der Waals surface area contributed by atoms with Gasteiger partial charge in [-0.3, -0.25) is 14.9 Å². The number of amides is 1. The molecule has 2 aromatic rings. The van der Waals surface area contributed by atoms with Crippen molar-refractivity contribution in [2.24, 2.45) is 0 Å². The molecular formula is C16H15ClN4O4. The van der Waals surface area contributed by atoms with Crippen LogP contribution in [0.5, 0.6) is 5.88 Å². The van der Waals surface area contributed by atoms with Crippen molar-refractivity contribution in [3.8, 4) is 5.88 Å². The number of benzene rings is 1. The van der Waals surface area contributed by atoms with E-state index >= 15 is 0 Å². The summed E-state index contributed by atoms with van der Waals surface area (Å²) in [6, 6.07) is 7.49. The number of piperidine rings is 1. The Bertz CT molecular complexity index is 787. The van der Waals surface area contributed by atoms with Crippen molar-refractivity contribution in [3.63, 3.8) is 0 Å². The third kappa shape index (κ3) is 4.03. The first-order valence-electron chi connectivity index (χ1n) is 7.72. The van der Waals surface area contributed by atoms with Gasteiger partial charge in [0.15, 0.2) is 0 Å². The van der Waals surface area contributed by atoms with Crippen LogP contribution in [0.15, 0.2) is 36.5 Å². The summed E-state index contributed by atoms with van der Waals surface area (Å²) >= 11 is 5.80. The molecule has 0 radical (unpaired) electrons.